The van der Waals surface area contributed by atoms with Gasteiger partial charge in [-0.15, -0.1) is 0 Å². The summed E-state index contributed by atoms with van der Waals surface area (Å²) in [5.41, 5.74) is 0. The van der Waals surface area contributed by atoms with Gasteiger partial charge in [-0.05, 0) is 151 Å². The van der Waals surface area contributed by atoms with E-state index in [4.69, 9.17) is 14.2 Å². The van der Waals surface area contributed by atoms with E-state index in [9.17, 15) is 10.2 Å². The number of rotatable bonds is 32. The molecule has 5 nitrogen and oxygen atoms in total. The minimum atomic E-state index is -0.193. The second-order valence-electron chi connectivity index (χ2n) is 17.0. The van der Waals surface area contributed by atoms with Crippen LogP contribution < -0.4 is 0 Å². The zero-order valence-corrected chi connectivity index (χ0v) is 33.8. The van der Waals surface area contributed by atoms with Gasteiger partial charge >= 0.3 is 0 Å². The molecule has 0 saturated heterocycles. The Morgan fingerprint density at radius 2 is 0.660 bits per heavy atom. The van der Waals surface area contributed by atoms with E-state index in [1.165, 1.54) is 51.4 Å². The summed E-state index contributed by atoms with van der Waals surface area (Å²) in [5, 5.41) is 19.4. The van der Waals surface area contributed by atoms with Crippen LogP contribution in [0.25, 0.3) is 0 Å². The van der Waals surface area contributed by atoms with Crippen LogP contribution in [0, 0.1) is 47.3 Å². The van der Waals surface area contributed by atoms with Crippen LogP contribution in [0.1, 0.15) is 186 Å². The van der Waals surface area contributed by atoms with Gasteiger partial charge in [0.1, 0.15) is 0 Å². The molecule has 0 aliphatic heterocycles. The van der Waals surface area contributed by atoms with E-state index in [0.717, 1.165) is 76.4 Å². The Morgan fingerprint density at radius 3 is 0.936 bits per heavy atom. The predicted molar refractivity (Wildman–Crippen MR) is 202 cm³/mol. The summed E-state index contributed by atoms with van der Waals surface area (Å²) in [6.07, 6.45) is 17.1. The first-order valence-electron chi connectivity index (χ1n) is 20.4. The van der Waals surface area contributed by atoms with Gasteiger partial charge in [-0.1, -0.05) is 82.1 Å². The zero-order valence-electron chi connectivity index (χ0n) is 33.8. The first-order valence-corrected chi connectivity index (χ1v) is 20.4. The maximum atomic E-state index is 9.70. The number of aliphatic hydroxyl groups is 2. The second kappa shape index (κ2) is 28.5. The van der Waals surface area contributed by atoms with Gasteiger partial charge in [0.2, 0.25) is 0 Å². The highest BCUT2D eigenvalue weighted by Crippen LogP contribution is 2.29. The molecule has 0 amide bonds. The van der Waals surface area contributed by atoms with Crippen LogP contribution in [0.2, 0.25) is 0 Å². The average Bonchev–Trinajstić information content (AvgIpc) is 2.92. The van der Waals surface area contributed by atoms with Crippen molar-refractivity contribution in [3.8, 4) is 0 Å². The first-order chi connectivity index (χ1) is 22.1. The van der Waals surface area contributed by atoms with Crippen molar-refractivity contribution in [3.05, 3.63) is 0 Å². The third-order valence-corrected chi connectivity index (χ3v) is 9.91. The average molecular weight is 671 g/mol. The van der Waals surface area contributed by atoms with Gasteiger partial charge < -0.3 is 24.4 Å². The van der Waals surface area contributed by atoms with Crippen molar-refractivity contribution < 1.29 is 24.4 Å². The summed E-state index contributed by atoms with van der Waals surface area (Å²) >= 11 is 0. The standard InChI is InChI=1S/C42H86O5/c1-13-21-45-41(19-15-17-31(3)23-33(5)25-35(7)27-37(9)29-39(11)43)47-42(46-22-14-2)20-16-18-32(4)24-34(6)26-36(8)28-38(10)30-40(12)44/h31-44H,13-30H2,1-12H3. The summed E-state index contributed by atoms with van der Waals surface area (Å²) < 4.78 is 19.0. The molecule has 0 spiro atoms. The van der Waals surface area contributed by atoms with Crippen molar-refractivity contribution in [1.29, 1.82) is 0 Å². The van der Waals surface area contributed by atoms with E-state index in [1.54, 1.807) is 0 Å². The Hall–Kier alpha value is -0.200. The third-order valence-electron chi connectivity index (χ3n) is 9.91. The van der Waals surface area contributed by atoms with E-state index in [-0.39, 0.29) is 24.8 Å². The lowest BCUT2D eigenvalue weighted by Gasteiger charge is -2.27. The van der Waals surface area contributed by atoms with E-state index < -0.39 is 0 Å². The molecule has 0 aromatic heterocycles. The Kier molecular flexibility index (Phi) is 28.4. The van der Waals surface area contributed by atoms with Crippen LogP contribution in [0.3, 0.4) is 0 Å². The highest BCUT2D eigenvalue weighted by molar-refractivity contribution is 4.69. The van der Waals surface area contributed by atoms with Crippen LogP contribution >= 0.6 is 0 Å². The highest BCUT2D eigenvalue weighted by atomic mass is 16.8. The molecule has 0 aliphatic rings. The van der Waals surface area contributed by atoms with Crippen LogP contribution in [-0.2, 0) is 14.2 Å². The number of ether oxygens (including phenoxy) is 3. The maximum absolute atomic E-state index is 9.70. The topological polar surface area (TPSA) is 68.2 Å². The van der Waals surface area contributed by atoms with Gasteiger partial charge in [-0.25, -0.2) is 0 Å². The fraction of sp³-hybridized carbons (Fsp3) is 1.00. The van der Waals surface area contributed by atoms with Gasteiger partial charge in [-0.3, -0.25) is 0 Å². The normalized spacial score (nSPS) is 20.0. The van der Waals surface area contributed by atoms with Crippen molar-refractivity contribution in [2.75, 3.05) is 13.2 Å². The number of aliphatic hydroxyl groups excluding tert-OH is 2. The molecule has 2 N–H and O–H groups in total. The molecule has 0 radical (unpaired) electrons. The fourth-order valence-corrected chi connectivity index (χ4v) is 8.41. The zero-order chi connectivity index (χ0) is 35.8. The van der Waals surface area contributed by atoms with Crippen LogP contribution in [0.15, 0.2) is 0 Å². The monoisotopic (exact) mass is 671 g/mol. The second-order valence-corrected chi connectivity index (χ2v) is 17.0. The van der Waals surface area contributed by atoms with Crippen molar-refractivity contribution in [1.82, 2.24) is 0 Å². The molecule has 47 heavy (non-hydrogen) atoms. The Bertz CT molecular complexity index is 628. The molecule has 0 heterocycles. The molecule has 0 fully saturated rings. The molecule has 0 aromatic rings. The SMILES string of the molecule is CCCOC(CCCC(C)CC(C)CC(C)CC(C)CC(C)O)OC(CCCC(C)CC(C)CC(C)CC(C)CC(C)O)OCCC. The van der Waals surface area contributed by atoms with Crippen molar-refractivity contribution in [2.24, 2.45) is 47.3 Å². The molecule has 5 heteroatoms. The molecule has 0 aromatic carbocycles. The van der Waals surface area contributed by atoms with E-state index in [1.807, 2.05) is 13.8 Å². The highest BCUT2D eigenvalue weighted by Gasteiger charge is 2.21. The van der Waals surface area contributed by atoms with Gasteiger partial charge in [-0.2, -0.15) is 0 Å². The van der Waals surface area contributed by atoms with Gasteiger partial charge in [0.15, 0.2) is 12.6 Å². The Labute approximate surface area is 295 Å². The van der Waals surface area contributed by atoms with Gasteiger partial charge in [0.25, 0.3) is 0 Å². The summed E-state index contributed by atoms with van der Waals surface area (Å²) in [5.74, 6) is 5.46. The van der Waals surface area contributed by atoms with E-state index in [2.05, 4.69) is 69.2 Å². The maximum Gasteiger partial charge on any atom is 0.160 e. The van der Waals surface area contributed by atoms with Crippen LogP contribution in [0.5, 0.6) is 0 Å². The molecular weight excluding hydrogens is 584 g/mol. The summed E-state index contributed by atoms with van der Waals surface area (Å²) in [4.78, 5) is 0. The lowest BCUT2D eigenvalue weighted by atomic mass is 9.83. The molecule has 0 bridgehead atoms. The molecule has 12 unspecified atom stereocenters. The molecular formula is C42H86O5. The molecule has 0 aliphatic carbocycles. The molecule has 0 rings (SSSR count). The minimum Gasteiger partial charge on any atom is -0.393 e. The van der Waals surface area contributed by atoms with Gasteiger partial charge in [0.05, 0.1) is 12.2 Å². The van der Waals surface area contributed by atoms with Crippen molar-refractivity contribution >= 4 is 0 Å². The quantitative estimate of drug-likeness (QED) is 0.0697. The first kappa shape index (κ1) is 46.8. The Balaban J connectivity index is 4.69. The van der Waals surface area contributed by atoms with Crippen LogP contribution in [0.4, 0.5) is 0 Å². The summed E-state index contributed by atoms with van der Waals surface area (Å²) in [6.45, 7) is 28.6. The van der Waals surface area contributed by atoms with E-state index >= 15 is 0 Å². The summed E-state index contributed by atoms with van der Waals surface area (Å²) in [6, 6.07) is 0. The van der Waals surface area contributed by atoms with Gasteiger partial charge in [0, 0.05) is 13.2 Å². The molecule has 0 saturated carbocycles. The fourth-order valence-electron chi connectivity index (χ4n) is 8.41. The Morgan fingerprint density at radius 1 is 0.383 bits per heavy atom. The van der Waals surface area contributed by atoms with E-state index in [0.29, 0.717) is 35.5 Å². The number of hydrogen-bond acceptors (Lipinski definition) is 5. The predicted octanol–water partition coefficient (Wildman–Crippen LogP) is 11.8. The lowest BCUT2D eigenvalue weighted by molar-refractivity contribution is -0.250. The molecule has 12 atom stereocenters. The largest absolute Gasteiger partial charge is 0.393 e. The van der Waals surface area contributed by atoms with Crippen molar-refractivity contribution in [3.63, 3.8) is 0 Å². The van der Waals surface area contributed by atoms with Crippen LogP contribution in [-0.4, -0.2) is 48.2 Å². The smallest absolute Gasteiger partial charge is 0.160 e. The third kappa shape index (κ3) is 28.2. The minimum absolute atomic E-state index is 0.188. The van der Waals surface area contributed by atoms with Crippen molar-refractivity contribution in [2.45, 2.75) is 211 Å². The lowest BCUT2D eigenvalue weighted by Crippen LogP contribution is -2.28. The molecule has 284 valence electrons. The number of hydrogen-bond donors (Lipinski definition) is 2. The summed E-state index contributed by atoms with van der Waals surface area (Å²) in [7, 11) is 0.